The van der Waals surface area contributed by atoms with Gasteiger partial charge in [0.1, 0.15) is 5.01 Å². The van der Waals surface area contributed by atoms with Crippen LogP contribution >= 0.6 is 23.7 Å². The molecular formula is C12H22ClN3S. The summed E-state index contributed by atoms with van der Waals surface area (Å²) in [4.78, 5) is 8.40. The summed E-state index contributed by atoms with van der Waals surface area (Å²) >= 11 is 1.86. The summed E-state index contributed by atoms with van der Waals surface area (Å²) < 4.78 is 0. The molecule has 1 fully saturated rings. The number of nitrogens with one attached hydrogen (secondary N) is 1. The van der Waals surface area contributed by atoms with Crippen LogP contribution in [0, 0.1) is 0 Å². The molecule has 98 valence electrons. The van der Waals surface area contributed by atoms with E-state index < -0.39 is 0 Å². The third kappa shape index (κ3) is 4.21. The van der Waals surface area contributed by atoms with Gasteiger partial charge in [0.2, 0.25) is 0 Å². The van der Waals surface area contributed by atoms with E-state index in [1.54, 1.807) is 0 Å². The third-order valence-corrected chi connectivity index (χ3v) is 4.23. The van der Waals surface area contributed by atoms with Crippen molar-refractivity contribution in [3.05, 3.63) is 16.1 Å². The molecule has 0 aliphatic carbocycles. The Hall–Kier alpha value is -0.160. The highest BCUT2D eigenvalue weighted by molar-refractivity contribution is 7.11. The zero-order valence-corrected chi connectivity index (χ0v) is 12.4. The second-order valence-electron chi connectivity index (χ2n) is 4.90. The van der Waals surface area contributed by atoms with Crippen LogP contribution in [-0.4, -0.2) is 35.6 Å². The Bertz CT molecular complexity index is 340. The van der Waals surface area contributed by atoms with Gasteiger partial charge in [-0.1, -0.05) is 13.8 Å². The van der Waals surface area contributed by atoms with Crippen LogP contribution in [0.5, 0.6) is 0 Å². The van der Waals surface area contributed by atoms with E-state index in [0.29, 0.717) is 12.0 Å². The van der Waals surface area contributed by atoms with E-state index in [2.05, 4.69) is 36.0 Å². The molecule has 1 N–H and O–H groups in total. The lowest BCUT2D eigenvalue weighted by molar-refractivity contribution is 0.199. The van der Waals surface area contributed by atoms with Crippen LogP contribution in [0.2, 0.25) is 0 Å². The predicted octanol–water partition coefficient (Wildman–Crippen LogP) is 2.48. The van der Waals surface area contributed by atoms with E-state index in [9.17, 15) is 0 Å². The molecule has 1 aromatic heterocycles. The summed E-state index contributed by atoms with van der Waals surface area (Å²) in [7, 11) is 0. The Morgan fingerprint density at radius 1 is 1.59 bits per heavy atom. The molecule has 5 heteroatoms. The van der Waals surface area contributed by atoms with Crippen LogP contribution in [0.3, 0.4) is 0 Å². The number of aromatic nitrogens is 1. The lowest BCUT2D eigenvalue weighted by Crippen LogP contribution is -2.48. The minimum atomic E-state index is 0. The Labute approximate surface area is 114 Å². The second kappa shape index (κ2) is 6.69. The standard InChI is InChI=1S/C12H21N3S.ClH/c1-9(2)11-6-14-12(16-11)8-15-5-4-13-10(3)7-15;/h6,9-10,13H,4-5,7-8H2,1-3H3;1H. The summed E-state index contributed by atoms with van der Waals surface area (Å²) in [6.07, 6.45) is 2.04. The highest BCUT2D eigenvalue weighted by Gasteiger charge is 2.17. The first kappa shape index (κ1) is 14.9. The van der Waals surface area contributed by atoms with Crippen molar-refractivity contribution in [2.75, 3.05) is 19.6 Å². The molecule has 2 heterocycles. The molecule has 3 nitrogen and oxygen atoms in total. The van der Waals surface area contributed by atoms with Crippen molar-refractivity contribution >= 4 is 23.7 Å². The second-order valence-corrected chi connectivity index (χ2v) is 6.05. The minimum absolute atomic E-state index is 0. The smallest absolute Gasteiger partial charge is 0.107 e. The van der Waals surface area contributed by atoms with Gasteiger partial charge in [-0.05, 0) is 12.8 Å². The van der Waals surface area contributed by atoms with Gasteiger partial charge in [-0.3, -0.25) is 4.90 Å². The first-order valence-electron chi connectivity index (χ1n) is 6.05. The molecule has 0 radical (unpaired) electrons. The van der Waals surface area contributed by atoms with Crippen molar-refractivity contribution in [2.24, 2.45) is 0 Å². The topological polar surface area (TPSA) is 28.2 Å². The molecular weight excluding hydrogens is 254 g/mol. The van der Waals surface area contributed by atoms with Gasteiger partial charge in [0.05, 0.1) is 6.54 Å². The highest BCUT2D eigenvalue weighted by Crippen LogP contribution is 2.22. The number of rotatable bonds is 3. The molecule has 1 saturated heterocycles. The van der Waals surface area contributed by atoms with Crippen LogP contribution in [0.15, 0.2) is 6.20 Å². The predicted molar refractivity (Wildman–Crippen MR) is 76.2 cm³/mol. The van der Waals surface area contributed by atoms with E-state index in [4.69, 9.17) is 0 Å². The first-order valence-corrected chi connectivity index (χ1v) is 6.87. The van der Waals surface area contributed by atoms with Gasteiger partial charge in [0, 0.05) is 36.8 Å². The van der Waals surface area contributed by atoms with Crippen molar-refractivity contribution < 1.29 is 0 Å². The lowest BCUT2D eigenvalue weighted by Gasteiger charge is -2.31. The Morgan fingerprint density at radius 2 is 2.35 bits per heavy atom. The van der Waals surface area contributed by atoms with Crippen molar-refractivity contribution in [1.82, 2.24) is 15.2 Å². The third-order valence-electron chi connectivity index (χ3n) is 2.95. The van der Waals surface area contributed by atoms with E-state index in [1.807, 2.05) is 17.5 Å². The average molecular weight is 276 g/mol. The molecule has 0 bridgehead atoms. The van der Waals surface area contributed by atoms with Gasteiger partial charge < -0.3 is 5.32 Å². The summed E-state index contributed by atoms with van der Waals surface area (Å²) in [6.45, 7) is 11.1. The van der Waals surface area contributed by atoms with Gasteiger partial charge in [-0.15, -0.1) is 23.7 Å². The zero-order valence-electron chi connectivity index (χ0n) is 10.8. The molecule has 2 rings (SSSR count). The van der Waals surface area contributed by atoms with Crippen molar-refractivity contribution in [3.8, 4) is 0 Å². The molecule has 0 saturated carbocycles. The fraction of sp³-hybridized carbons (Fsp3) is 0.750. The summed E-state index contributed by atoms with van der Waals surface area (Å²) in [5.41, 5.74) is 0. The van der Waals surface area contributed by atoms with Gasteiger partial charge in [0.15, 0.2) is 0 Å². The normalized spacial score (nSPS) is 21.5. The highest BCUT2D eigenvalue weighted by atomic mass is 35.5. The minimum Gasteiger partial charge on any atom is -0.312 e. The van der Waals surface area contributed by atoms with Crippen LogP contribution in [-0.2, 0) is 6.54 Å². The molecule has 1 unspecified atom stereocenters. The van der Waals surface area contributed by atoms with E-state index >= 15 is 0 Å². The SMILES string of the molecule is CC1CN(Cc2ncc(C(C)C)s2)CCN1.Cl. The number of hydrogen-bond donors (Lipinski definition) is 1. The Balaban J connectivity index is 0.00000144. The maximum absolute atomic E-state index is 4.51. The largest absolute Gasteiger partial charge is 0.312 e. The van der Waals surface area contributed by atoms with Crippen molar-refractivity contribution in [1.29, 1.82) is 0 Å². The average Bonchev–Trinajstić information content (AvgIpc) is 2.66. The monoisotopic (exact) mass is 275 g/mol. The zero-order chi connectivity index (χ0) is 11.5. The quantitative estimate of drug-likeness (QED) is 0.919. The maximum atomic E-state index is 4.51. The number of nitrogens with zero attached hydrogens (tertiary/aromatic N) is 2. The molecule has 17 heavy (non-hydrogen) atoms. The summed E-state index contributed by atoms with van der Waals surface area (Å²) in [5, 5.41) is 4.72. The molecule has 0 amide bonds. The first-order chi connectivity index (χ1) is 7.65. The molecule has 1 atom stereocenters. The van der Waals surface area contributed by atoms with Crippen molar-refractivity contribution in [3.63, 3.8) is 0 Å². The van der Waals surface area contributed by atoms with Crippen LogP contribution < -0.4 is 5.32 Å². The summed E-state index contributed by atoms with van der Waals surface area (Å²) in [6, 6.07) is 0.610. The number of piperazine rings is 1. The molecule has 1 aromatic rings. The fourth-order valence-electron chi connectivity index (χ4n) is 2.01. The number of hydrogen-bond acceptors (Lipinski definition) is 4. The maximum Gasteiger partial charge on any atom is 0.107 e. The molecule has 1 aliphatic rings. The van der Waals surface area contributed by atoms with Crippen molar-refractivity contribution in [2.45, 2.75) is 39.3 Å². The van der Waals surface area contributed by atoms with Crippen LogP contribution in [0.1, 0.15) is 36.6 Å². The van der Waals surface area contributed by atoms with Crippen LogP contribution in [0.25, 0.3) is 0 Å². The van der Waals surface area contributed by atoms with Gasteiger partial charge in [-0.25, -0.2) is 4.98 Å². The van der Waals surface area contributed by atoms with Gasteiger partial charge in [0.25, 0.3) is 0 Å². The van der Waals surface area contributed by atoms with E-state index in [0.717, 1.165) is 26.2 Å². The molecule has 0 spiro atoms. The van der Waals surface area contributed by atoms with Gasteiger partial charge >= 0.3 is 0 Å². The number of thiazole rings is 1. The number of halogens is 1. The fourth-order valence-corrected chi connectivity index (χ4v) is 2.98. The van der Waals surface area contributed by atoms with E-state index in [1.165, 1.54) is 9.88 Å². The van der Waals surface area contributed by atoms with Crippen LogP contribution in [0.4, 0.5) is 0 Å². The molecule has 1 aliphatic heterocycles. The Kier molecular flexibility index (Phi) is 5.86. The van der Waals surface area contributed by atoms with E-state index in [-0.39, 0.29) is 12.4 Å². The lowest BCUT2D eigenvalue weighted by atomic mass is 10.2. The van der Waals surface area contributed by atoms with Gasteiger partial charge in [-0.2, -0.15) is 0 Å². The Morgan fingerprint density at radius 3 is 2.94 bits per heavy atom. The molecule has 0 aromatic carbocycles. The summed E-state index contributed by atoms with van der Waals surface area (Å²) in [5.74, 6) is 0.605.